The molecule has 0 fully saturated rings. The van der Waals surface area contributed by atoms with Crippen molar-refractivity contribution in [1.29, 1.82) is 0 Å². The Balaban J connectivity index is 1.69. The summed E-state index contributed by atoms with van der Waals surface area (Å²) in [5.74, 6) is 1.31. The minimum Gasteiger partial charge on any atom is -0.340 e. The van der Waals surface area contributed by atoms with Gasteiger partial charge >= 0.3 is 0 Å². The number of benzene rings is 3. The average Bonchev–Trinajstić information content (AvgIpc) is 3.21. The fourth-order valence-electron chi connectivity index (χ4n) is 4.06. The van der Waals surface area contributed by atoms with Crippen molar-refractivity contribution in [1.82, 2.24) is 14.5 Å². The first-order valence-electron chi connectivity index (χ1n) is 11.0. The van der Waals surface area contributed by atoms with E-state index in [0.29, 0.717) is 5.92 Å². The van der Waals surface area contributed by atoms with Crippen LogP contribution in [-0.4, -0.2) is 14.5 Å². The zero-order valence-corrected chi connectivity index (χ0v) is 18.6. The number of aryl methyl sites for hydroxylation is 1. The maximum atomic E-state index is 4.68. The van der Waals surface area contributed by atoms with Gasteiger partial charge in [-0.2, -0.15) is 0 Å². The second-order valence-electron chi connectivity index (χ2n) is 8.44. The van der Waals surface area contributed by atoms with E-state index in [0.717, 1.165) is 39.4 Å². The molecule has 0 aliphatic heterocycles. The molecule has 0 saturated carbocycles. The summed E-state index contributed by atoms with van der Waals surface area (Å²) in [5.41, 5.74) is 7.74. The van der Waals surface area contributed by atoms with E-state index < -0.39 is 0 Å². The summed E-state index contributed by atoms with van der Waals surface area (Å²) in [5, 5.41) is 4.54. The fourth-order valence-corrected chi connectivity index (χ4v) is 4.06. The molecular formula is C28H26N4. The summed E-state index contributed by atoms with van der Waals surface area (Å²) in [4.78, 5) is 9.32. The van der Waals surface area contributed by atoms with Gasteiger partial charge in [-0.1, -0.05) is 68.4 Å². The number of hydrogen-bond acceptors (Lipinski definition) is 3. The van der Waals surface area contributed by atoms with E-state index in [2.05, 4.69) is 120 Å². The first kappa shape index (κ1) is 20.0. The van der Waals surface area contributed by atoms with E-state index in [-0.39, 0.29) is 0 Å². The standard InChI is InChI=1S/C28H26N4/c1-19(2)21-12-14-23(15-13-21)31-27-26-25(22-9-5-4-6-10-22)17-32(28(26)30-18-29-27)24-11-7-8-20(3)16-24/h4-19H,1-3H3,(H,29,30,31). The van der Waals surface area contributed by atoms with Crippen molar-refractivity contribution in [2.75, 3.05) is 5.32 Å². The third-order valence-electron chi connectivity index (χ3n) is 5.79. The molecule has 0 amide bonds. The fraction of sp³-hybridized carbons (Fsp3) is 0.143. The molecule has 3 aromatic carbocycles. The SMILES string of the molecule is Cc1cccc(-n2cc(-c3ccccc3)c3c(Nc4ccc(C(C)C)cc4)ncnc32)c1. The van der Waals surface area contributed by atoms with Gasteiger partial charge in [0.2, 0.25) is 0 Å². The highest BCUT2D eigenvalue weighted by atomic mass is 15.1. The third kappa shape index (κ3) is 3.76. The molecule has 0 unspecified atom stereocenters. The van der Waals surface area contributed by atoms with Crippen molar-refractivity contribution >= 4 is 22.5 Å². The topological polar surface area (TPSA) is 42.7 Å². The molecule has 0 aliphatic carbocycles. The van der Waals surface area contributed by atoms with Crippen molar-refractivity contribution < 1.29 is 0 Å². The molecule has 5 aromatic rings. The van der Waals surface area contributed by atoms with Crippen LogP contribution in [0.2, 0.25) is 0 Å². The Bertz CT molecular complexity index is 1370. The molecule has 4 nitrogen and oxygen atoms in total. The second-order valence-corrected chi connectivity index (χ2v) is 8.44. The van der Waals surface area contributed by atoms with Gasteiger partial charge in [-0.05, 0) is 53.8 Å². The van der Waals surface area contributed by atoms with E-state index in [1.165, 1.54) is 11.1 Å². The number of aromatic nitrogens is 3. The third-order valence-corrected chi connectivity index (χ3v) is 5.79. The van der Waals surface area contributed by atoms with Crippen LogP contribution in [0.15, 0.2) is 91.4 Å². The molecule has 0 atom stereocenters. The van der Waals surface area contributed by atoms with Gasteiger partial charge in [0.15, 0.2) is 5.65 Å². The van der Waals surface area contributed by atoms with Gasteiger partial charge in [0.25, 0.3) is 0 Å². The molecule has 2 heterocycles. The monoisotopic (exact) mass is 418 g/mol. The predicted molar refractivity (Wildman–Crippen MR) is 133 cm³/mol. The summed E-state index contributed by atoms with van der Waals surface area (Å²) in [7, 11) is 0. The van der Waals surface area contributed by atoms with E-state index in [9.17, 15) is 0 Å². The highest BCUT2D eigenvalue weighted by molar-refractivity contribution is 6.03. The van der Waals surface area contributed by atoms with Gasteiger partial charge in [-0.3, -0.25) is 0 Å². The lowest BCUT2D eigenvalue weighted by atomic mass is 10.0. The lowest BCUT2D eigenvalue weighted by Gasteiger charge is -2.11. The van der Waals surface area contributed by atoms with Crippen LogP contribution in [0.1, 0.15) is 30.9 Å². The van der Waals surface area contributed by atoms with Gasteiger partial charge in [0.1, 0.15) is 12.1 Å². The largest absolute Gasteiger partial charge is 0.340 e. The molecule has 5 rings (SSSR count). The van der Waals surface area contributed by atoms with E-state index in [4.69, 9.17) is 0 Å². The molecule has 0 saturated heterocycles. The van der Waals surface area contributed by atoms with Gasteiger partial charge in [-0.15, -0.1) is 0 Å². The average molecular weight is 419 g/mol. The summed E-state index contributed by atoms with van der Waals surface area (Å²) >= 11 is 0. The molecule has 158 valence electrons. The number of nitrogens with one attached hydrogen (secondary N) is 1. The lowest BCUT2D eigenvalue weighted by molar-refractivity contribution is 0.867. The normalized spacial score (nSPS) is 11.2. The molecule has 1 N–H and O–H groups in total. The molecular weight excluding hydrogens is 392 g/mol. The van der Waals surface area contributed by atoms with Crippen LogP contribution in [0, 0.1) is 6.92 Å². The Kier molecular flexibility index (Phi) is 5.20. The van der Waals surface area contributed by atoms with E-state index >= 15 is 0 Å². The molecule has 32 heavy (non-hydrogen) atoms. The Hall–Kier alpha value is -3.92. The molecule has 2 aromatic heterocycles. The molecule has 0 spiro atoms. The molecule has 0 bridgehead atoms. The van der Waals surface area contributed by atoms with Gasteiger partial charge in [0.05, 0.1) is 5.39 Å². The summed E-state index contributed by atoms with van der Waals surface area (Å²) in [6, 6.07) is 27.5. The maximum Gasteiger partial charge on any atom is 0.150 e. The Labute approximate surface area is 188 Å². The van der Waals surface area contributed by atoms with Crippen molar-refractivity contribution in [3.05, 3.63) is 103 Å². The van der Waals surface area contributed by atoms with Crippen LogP contribution in [-0.2, 0) is 0 Å². The highest BCUT2D eigenvalue weighted by Crippen LogP contribution is 2.36. The van der Waals surface area contributed by atoms with Crippen LogP contribution in [0.5, 0.6) is 0 Å². The van der Waals surface area contributed by atoms with Crippen molar-refractivity contribution in [2.24, 2.45) is 0 Å². The Morgan fingerprint density at radius 3 is 2.34 bits per heavy atom. The minimum absolute atomic E-state index is 0.503. The van der Waals surface area contributed by atoms with Crippen LogP contribution in [0.25, 0.3) is 27.8 Å². The number of hydrogen-bond donors (Lipinski definition) is 1. The van der Waals surface area contributed by atoms with Crippen LogP contribution < -0.4 is 5.32 Å². The van der Waals surface area contributed by atoms with Crippen LogP contribution in [0.4, 0.5) is 11.5 Å². The van der Waals surface area contributed by atoms with Gasteiger partial charge in [0, 0.05) is 23.1 Å². The summed E-state index contributed by atoms with van der Waals surface area (Å²) in [6.45, 7) is 6.52. The van der Waals surface area contributed by atoms with E-state index in [1.54, 1.807) is 6.33 Å². The van der Waals surface area contributed by atoms with Crippen LogP contribution in [0.3, 0.4) is 0 Å². The number of rotatable bonds is 5. The zero-order chi connectivity index (χ0) is 22.1. The number of fused-ring (bicyclic) bond motifs is 1. The first-order valence-corrected chi connectivity index (χ1v) is 11.0. The number of nitrogens with zero attached hydrogens (tertiary/aromatic N) is 3. The highest BCUT2D eigenvalue weighted by Gasteiger charge is 2.17. The van der Waals surface area contributed by atoms with Crippen molar-refractivity contribution in [3.63, 3.8) is 0 Å². The molecule has 4 heteroatoms. The predicted octanol–water partition coefficient (Wildman–Crippen LogP) is 7.26. The molecule has 0 aliphatic rings. The van der Waals surface area contributed by atoms with Gasteiger partial charge in [-0.25, -0.2) is 9.97 Å². The zero-order valence-electron chi connectivity index (χ0n) is 18.6. The minimum atomic E-state index is 0.503. The van der Waals surface area contributed by atoms with Gasteiger partial charge < -0.3 is 9.88 Å². The van der Waals surface area contributed by atoms with Crippen molar-refractivity contribution in [2.45, 2.75) is 26.7 Å². The summed E-state index contributed by atoms with van der Waals surface area (Å²) < 4.78 is 2.15. The maximum absolute atomic E-state index is 4.68. The smallest absolute Gasteiger partial charge is 0.150 e. The Morgan fingerprint density at radius 1 is 0.844 bits per heavy atom. The summed E-state index contributed by atoms with van der Waals surface area (Å²) in [6.07, 6.45) is 3.80. The molecule has 0 radical (unpaired) electrons. The number of anilines is 2. The van der Waals surface area contributed by atoms with Crippen LogP contribution >= 0.6 is 0 Å². The van der Waals surface area contributed by atoms with E-state index in [1.807, 2.05) is 6.07 Å². The first-order chi connectivity index (χ1) is 15.6. The Morgan fingerprint density at radius 2 is 1.62 bits per heavy atom. The van der Waals surface area contributed by atoms with Crippen molar-refractivity contribution in [3.8, 4) is 16.8 Å². The second kappa shape index (κ2) is 8.31. The quantitative estimate of drug-likeness (QED) is 0.326. The lowest BCUT2D eigenvalue weighted by Crippen LogP contribution is -1.98.